The highest BCUT2D eigenvalue weighted by molar-refractivity contribution is 8.03. The molecule has 0 aliphatic carbocycles. The Morgan fingerprint density at radius 1 is 0.735 bits per heavy atom. The summed E-state index contributed by atoms with van der Waals surface area (Å²) in [7, 11) is 0. The average molecular weight is 707 g/mol. The van der Waals surface area contributed by atoms with Gasteiger partial charge in [-0.2, -0.15) is 23.5 Å². The number of nitrogens with two attached hydrogens (primary N) is 2. The van der Waals surface area contributed by atoms with Crippen LogP contribution in [0.15, 0.2) is 84.9 Å². The van der Waals surface area contributed by atoms with E-state index in [0.717, 1.165) is 16.7 Å². The lowest BCUT2D eigenvalue weighted by atomic mass is 10.0. The summed E-state index contributed by atoms with van der Waals surface area (Å²) in [4.78, 5) is 66.9. The topological polar surface area (TPSA) is 206 Å². The largest absolute Gasteiger partial charge is 0.508 e. The first-order chi connectivity index (χ1) is 23.6. The van der Waals surface area contributed by atoms with Crippen molar-refractivity contribution in [2.45, 2.75) is 49.5 Å². The number of hydrogen-bond donors (Lipinski definition) is 7. The van der Waals surface area contributed by atoms with Crippen LogP contribution in [0, 0.1) is 0 Å². The number of rotatable bonds is 9. The highest BCUT2D eigenvalue weighted by Crippen LogP contribution is 2.14. The Morgan fingerprint density at radius 2 is 1.24 bits per heavy atom. The number of thioether (sulfide) groups is 2. The number of benzene rings is 3. The average Bonchev–Trinajstić information content (AvgIpc) is 3.09. The van der Waals surface area contributed by atoms with Gasteiger partial charge in [-0.15, -0.1) is 0 Å². The minimum Gasteiger partial charge on any atom is -0.508 e. The molecule has 260 valence electrons. The van der Waals surface area contributed by atoms with Crippen molar-refractivity contribution in [3.8, 4) is 5.75 Å². The number of primary amides is 1. The molecule has 49 heavy (non-hydrogen) atoms. The predicted octanol–water partition coefficient (Wildman–Crippen LogP) is 0.652. The molecule has 0 aromatic heterocycles. The molecule has 3 aromatic rings. The van der Waals surface area contributed by atoms with Gasteiger partial charge in [0.25, 0.3) is 0 Å². The standard InChI is InChI=1S/C35H42N6O6S2/c36-26(17-24-11-13-25(42)14-12-24)32(44)41-30-21-49-16-15-48-20-29(31(37)43)40-34(46)28(19-23-9-5-2-6-10-23)38-33(45)27(39-35(30)47)18-22-7-3-1-4-8-22/h1-14,26-30,42H,15-21,36H2,(H2,37,43)(H,38,45)(H,39,47)(H,40,46)(H,41,44)/t26-,27-,28-,29-,30+/m0/s1. The molecule has 9 N–H and O–H groups in total. The maximum atomic E-state index is 14.0. The SMILES string of the molecule is NC(=O)[C@@H]1CSCCSC[C@@H](NC(=O)[C@@H](N)Cc2ccc(O)cc2)C(=O)N[C@@H](Cc2ccccc2)C(=O)N[C@@H](Cc2ccccc2)C(=O)N1. The van der Waals surface area contributed by atoms with Crippen LogP contribution >= 0.6 is 23.5 Å². The summed E-state index contributed by atoms with van der Waals surface area (Å²) < 4.78 is 0. The van der Waals surface area contributed by atoms with Gasteiger partial charge < -0.3 is 37.8 Å². The lowest BCUT2D eigenvalue weighted by Gasteiger charge is -2.27. The van der Waals surface area contributed by atoms with Crippen LogP contribution in [-0.4, -0.2) is 87.9 Å². The number of phenols is 1. The summed E-state index contributed by atoms with van der Waals surface area (Å²) in [5.74, 6) is -1.38. The third kappa shape index (κ3) is 12.1. The minimum atomic E-state index is -1.12. The first-order valence-electron chi connectivity index (χ1n) is 15.9. The van der Waals surface area contributed by atoms with Crippen LogP contribution in [0.25, 0.3) is 0 Å². The smallest absolute Gasteiger partial charge is 0.244 e. The number of aromatic hydroxyl groups is 1. The number of carbonyl (C=O) groups is 5. The first kappa shape index (κ1) is 37.3. The second kappa shape index (κ2) is 18.9. The highest BCUT2D eigenvalue weighted by Gasteiger charge is 2.32. The molecule has 4 rings (SSSR count). The molecule has 5 atom stereocenters. The molecule has 1 aliphatic heterocycles. The van der Waals surface area contributed by atoms with E-state index in [0.29, 0.717) is 11.5 Å². The molecular weight excluding hydrogens is 665 g/mol. The number of carbonyl (C=O) groups excluding carboxylic acids is 5. The van der Waals surface area contributed by atoms with Gasteiger partial charge in [0, 0.05) is 35.9 Å². The molecule has 3 aromatic carbocycles. The normalized spacial score (nSPS) is 21.8. The summed E-state index contributed by atoms with van der Waals surface area (Å²) in [5, 5.41) is 20.7. The van der Waals surface area contributed by atoms with E-state index >= 15 is 0 Å². The minimum absolute atomic E-state index is 0.0888. The van der Waals surface area contributed by atoms with Crippen molar-refractivity contribution >= 4 is 53.1 Å². The Kier molecular flexibility index (Phi) is 14.4. The third-order valence-electron chi connectivity index (χ3n) is 7.79. The van der Waals surface area contributed by atoms with Gasteiger partial charge in [-0.05, 0) is 35.2 Å². The van der Waals surface area contributed by atoms with Crippen molar-refractivity contribution in [1.29, 1.82) is 0 Å². The van der Waals surface area contributed by atoms with E-state index in [2.05, 4.69) is 21.3 Å². The van der Waals surface area contributed by atoms with E-state index in [1.165, 1.54) is 35.7 Å². The molecule has 0 unspecified atom stereocenters. The summed E-state index contributed by atoms with van der Waals surface area (Å²) in [6, 6.07) is 19.3. The molecule has 0 saturated carbocycles. The number of phenolic OH excluding ortho intramolecular Hbond substituents is 1. The van der Waals surface area contributed by atoms with Gasteiger partial charge in [-0.3, -0.25) is 24.0 Å². The Morgan fingerprint density at radius 3 is 1.80 bits per heavy atom. The van der Waals surface area contributed by atoms with E-state index < -0.39 is 59.7 Å². The monoisotopic (exact) mass is 706 g/mol. The molecule has 1 heterocycles. The fourth-order valence-electron chi connectivity index (χ4n) is 5.09. The van der Waals surface area contributed by atoms with Gasteiger partial charge in [0.05, 0.1) is 6.04 Å². The summed E-state index contributed by atoms with van der Waals surface area (Å²) in [6.45, 7) is 0. The third-order valence-corrected chi connectivity index (χ3v) is 10.2. The van der Waals surface area contributed by atoms with E-state index in [9.17, 15) is 29.1 Å². The molecule has 12 nitrogen and oxygen atoms in total. The van der Waals surface area contributed by atoms with E-state index in [1.807, 2.05) is 60.7 Å². The zero-order valence-corrected chi connectivity index (χ0v) is 28.5. The molecule has 5 amide bonds. The first-order valence-corrected chi connectivity index (χ1v) is 18.2. The van der Waals surface area contributed by atoms with Crippen LogP contribution in [0.1, 0.15) is 16.7 Å². The Hall–Kier alpha value is -4.53. The molecule has 1 fully saturated rings. The molecular formula is C35H42N6O6S2. The van der Waals surface area contributed by atoms with Crippen LogP contribution in [0.3, 0.4) is 0 Å². The van der Waals surface area contributed by atoms with Crippen molar-refractivity contribution in [1.82, 2.24) is 21.3 Å². The van der Waals surface area contributed by atoms with Crippen molar-refractivity contribution in [3.05, 3.63) is 102 Å². The molecule has 0 bridgehead atoms. The molecule has 1 aliphatic rings. The Labute approximate surface area is 293 Å². The van der Waals surface area contributed by atoms with Gasteiger partial charge in [-0.1, -0.05) is 72.8 Å². The number of amides is 5. The fourth-order valence-corrected chi connectivity index (χ4v) is 7.32. The maximum absolute atomic E-state index is 14.0. The molecule has 1 saturated heterocycles. The second-order valence-electron chi connectivity index (χ2n) is 11.7. The Balaban J connectivity index is 1.59. The van der Waals surface area contributed by atoms with Crippen LogP contribution in [0.5, 0.6) is 5.75 Å². The quantitative estimate of drug-likeness (QED) is 0.167. The molecule has 0 spiro atoms. The highest BCUT2D eigenvalue weighted by atomic mass is 32.2. The van der Waals surface area contributed by atoms with Gasteiger partial charge in [0.1, 0.15) is 29.9 Å². The zero-order chi connectivity index (χ0) is 35.2. The molecule has 0 radical (unpaired) electrons. The summed E-state index contributed by atoms with van der Waals surface area (Å²) >= 11 is 2.82. The van der Waals surface area contributed by atoms with Gasteiger partial charge in [0.2, 0.25) is 29.5 Å². The van der Waals surface area contributed by atoms with E-state index in [-0.39, 0.29) is 36.5 Å². The Bertz CT molecular complexity index is 1560. The van der Waals surface area contributed by atoms with Gasteiger partial charge in [0.15, 0.2) is 0 Å². The van der Waals surface area contributed by atoms with Crippen LogP contribution in [0.4, 0.5) is 0 Å². The van der Waals surface area contributed by atoms with E-state index in [4.69, 9.17) is 11.5 Å². The predicted molar refractivity (Wildman–Crippen MR) is 192 cm³/mol. The zero-order valence-electron chi connectivity index (χ0n) is 26.9. The van der Waals surface area contributed by atoms with Crippen LogP contribution in [-0.2, 0) is 43.2 Å². The molecule has 14 heteroatoms. The summed E-state index contributed by atoms with van der Waals surface area (Å²) in [5.41, 5.74) is 14.1. The lowest BCUT2D eigenvalue weighted by molar-refractivity contribution is -0.134. The van der Waals surface area contributed by atoms with Crippen molar-refractivity contribution in [2.75, 3.05) is 23.0 Å². The van der Waals surface area contributed by atoms with Crippen molar-refractivity contribution in [2.24, 2.45) is 11.5 Å². The number of nitrogens with one attached hydrogen (secondary N) is 4. The van der Waals surface area contributed by atoms with Crippen LogP contribution < -0.4 is 32.7 Å². The number of hydrogen-bond acceptors (Lipinski definition) is 9. The van der Waals surface area contributed by atoms with Crippen molar-refractivity contribution < 1.29 is 29.1 Å². The lowest BCUT2D eigenvalue weighted by Crippen LogP contribution is -2.60. The fraction of sp³-hybridized carbons (Fsp3) is 0.343. The van der Waals surface area contributed by atoms with E-state index in [1.54, 1.807) is 12.1 Å². The van der Waals surface area contributed by atoms with Crippen molar-refractivity contribution in [3.63, 3.8) is 0 Å². The summed E-state index contributed by atoms with van der Waals surface area (Å²) in [6.07, 6.45) is 0.402. The maximum Gasteiger partial charge on any atom is 0.244 e. The second-order valence-corrected chi connectivity index (χ2v) is 14.0. The van der Waals surface area contributed by atoms with Crippen LogP contribution in [0.2, 0.25) is 0 Å². The van der Waals surface area contributed by atoms with Gasteiger partial charge in [-0.25, -0.2) is 0 Å². The van der Waals surface area contributed by atoms with Gasteiger partial charge >= 0.3 is 0 Å².